The first-order valence-corrected chi connectivity index (χ1v) is 13.5. The summed E-state index contributed by atoms with van der Waals surface area (Å²) in [6.07, 6.45) is 7.40. The van der Waals surface area contributed by atoms with Crippen LogP contribution in [0.25, 0.3) is 0 Å². The molecule has 1 aliphatic heterocycles. The molecule has 0 radical (unpaired) electrons. The minimum Gasteiger partial charge on any atom is -0.315 e. The molecule has 0 atom stereocenters. The van der Waals surface area contributed by atoms with Gasteiger partial charge in [0.1, 0.15) is 0 Å². The Morgan fingerprint density at radius 1 is 0.758 bits per heavy atom. The molecule has 0 N–H and O–H groups in total. The summed E-state index contributed by atoms with van der Waals surface area (Å²) in [5.74, 6) is -0.111. The maximum Gasteiger partial charge on any atom is 0.327 e. The largest absolute Gasteiger partial charge is 0.327 e. The van der Waals surface area contributed by atoms with Crippen LogP contribution in [0.2, 0.25) is 0 Å². The van der Waals surface area contributed by atoms with Gasteiger partial charge in [0.05, 0.1) is 5.54 Å². The van der Waals surface area contributed by atoms with Gasteiger partial charge in [-0.25, -0.2) is 4.79 Å². The highest BCUT2D eigenvalue weighted by molar-refractivity contribution is 5.96. The van der Waals surface area contributed by atoms with Crippen molar-refractivity contribution in [3.63, 3.8) is 0 Å². The molecule has 1 fully saturated rings. The van der Waals surface area contributed by atoms with E-state index < -0.39 is 5.54 Å². The van der Waals surface area contributed by atoms with Gasteiger partial charge in [0.25, 0.3) is 0 Å². The Morgan fingerprint density at radius 3 is 1.58 bits per heavy atom. The highest BCUT2D eigenvalue weighted by Gasteiger charge is 2.38. The highest BCUT2D eigenvalue weighted by Crippen LogP contribution is 2.30. The van der Waals surface area contributed by atoms with Gasteiger partial charge in [-0.15, -0.1) is 0 Å². The van der Waals surface area contributed by atoms with Gasteiger partial charge in [-0.2, -0.15) is 0 Å². The molecule has 33 heavy (non-hydrogen) atoms. The topological polar surface area (TPSA) is 40.6 Å². The van der Waals surface area contributed by atoms with Crippen molar-refractivity contribution in [3.8, 4) is 0 Å². The molecule has 0 spiro atoms. The first-order chi connectivity index (χ1) is 15.9. The van der Waals surface area contributed by atoms with Gasteiger partial charge >= 0.3 is 6.03 Å². The maximum atomic E-state index is 12.2. The molecule has 0 aromatic heterocycles. The van der Waals surface area contributed by atoms with Crippen molar-refractivity contribution < 1.29 is 9.59 Å². The van der Waals surface area contributed by atoms with E-state index in [-0.39, 0.29) is 11.9 Å². The Bertz CT molecular complexity index is 538. The third-order valence-corrected chi connectivity index (χ3v) is 4.80. The first-order valence-electron chi connectivity index (χ1n) is 13.5. The summed E-state index contributed by atoms with van der Waals surface area (Å²) in [6.45, 7) is 25.0. The van der Waals surface area contributed by atoms with Gasteiger partial charge in [-0.05, 0) is 19.4 Å². The minimum atomic E-state index is -0.409. The summed E-state index contributed by atoms with van der Waals surface area (Å²) in [5.41, 5.74) is 0.661. The molecule has 1 aromatic carbocycles. The zero-order valence-corrected chi connectivity index (χ0v) is 24.5. The molecule has 196 valence electrons. The van der Waals surface area contributed by atoms with Gasteiger partial charge in [0, 0.05) is 20.0 Å². The van der Waals surface area contributed by atoms with Gasteiger partial charge in [-0.3, -0.25) is 9.69 Å². The molecule has 1 heterocycles. The molecule has 1 aliphatic rings. The quantitative estimate of drug-likeness (QED) is 0.392. The number of amides is 3. The van der Waals surface area contributed by atoms with E-state index in [1.54, 1.807) is 4.90 Å². The number of unbranched alkanes of at least 4 members (excludes halogenated alkanes) is 4. The molecule has 0 aliphatic carbocycles. The summed E-state index contributed by atoms with van der Waals surface area (Å²) in [7, 11) is 1.54. The van der Waals surface area contributed by atoms with Crippen LogP contribution < -0.4 is 0 Å². The van der Waals surface area contributed by atoms with E-state index in [2.05, 4.69) is 13.8 Å². The molecule has 0 saturated carbocycles. The van der Waals surface area contributed by atoms with E-state index in [0.29, 0.717) is 13.0 Å². The van der Waals surface area contributed by atoms with Crippen molar-refractivity contribution in [1.82, 2.24) is 9.80 Å². The van der Waals surface area contributed by atoms with E-state index in [1.165, 1.54) is 44.1 Å². The lowest BCUT2D eigenvalue weighted by molar-refractivity contribution is -0.130. The lowest BCUT2D eigenvalue weighted by Crippen LogP contribution is -2.56. The van der Waals surface area contributed by atoms with Crippen LogP contribution in [0.3, 0.4) is 0 Å². The SMILES string of the molecule is CC.CC.CC.CC.CCCCCCC.CN1C(=O)CCN(C(C)(C)c2ccccc2)C1=O. The Labute approximate surface area is 208 Å². The summed E-state index contributed by atoms with van der Waals surface area (Å²) >= 11 is 0. The zero-order valence-electron chi connectivity index (χ0n) is 24.5. The Hall–Kier alpha value is -1.84. The zero-order chi connectivity index (χ0) is 26.9. The lowest BCUT2D eigenvalue weighted by Gasteiger charge is -2.43. The van der Waals surface area contributed by atoms with E-state index in [9.17, 15) is 9.59 Å². The fraction of sp³-hybridized carbons (Fsp3) is 0.724. The fourth-order valence-corrected chi connectivity index (χ4v) is 2.96. The molecular weight excluding hydrogens is 408 g/mol. The summed E-state index contributed by atoms with van der Waals surface area (Å²) < 4.78 is 0. The van der Waals surface area contributed by atoms with Crippen molar-refractivity contribution in [2.75, 3.05) is 13.6 Å². The number of benzene rings is 1. The van der Waals surface area contributed by atoms with Crippen molar-refractivity contribution in [2.45, 2.75) is 127 Å². The van der Waals surface area contributed by atoms with E-state index in [1.807, 2.05) is 99.6 Å². The summed E-state index contributed by atoms with van der Waals surface area (Å²) in [5, 5.41) is 0. The molecule has 4 heteroatoms. The third-order valence-electron chi connectivity index (χ3n) is 4.80. The predicted octanol–water partition coefficient (Wildman–Crippen LogP) is 9.29. The normalized spacial score (nSPS) is 12.2. The number of hydrogen-bond donors (Lipinski definition) is 0. The monoisotopic (exact) mass is 466 g/mol. The highest BCUT2D eigenvalue weighted by atomic mass is 16.2. The van der Waals surface area contributed by atoms with Gasteiger partial charge < -0.3 is 4.90 Å². The Kier molecular flexibility index (Phi) is 30.8. The second kappa shape index (κ2) is 26.4. The molecule has 3 amide bonds. The summed E-state index contributed by atoms with van der Waals surface area (Å²) in [4.78, 5) is 26.6. The molecule has 1 aromatic rings. The lowest BCUT2D eigenvalue weighted by atomic mass is 9.91. The molecule has 1 saturated heterocycles. The molecule has 0 unspecified atom stereocenters. The van der Waals surface area contributed by atoms with E-state index in [0.717, 1.165) is 5.56 Å². The maximum absolute atomic E-state index is 12.2. The predicted molar refractivity (Wildman–Crippen MR) is 149 cm³/mol. The fourth-order valence-electron chi connectivity index (χ4n) is 2.96. The van der Waals surface area contributed by atoms with Crippen LogP contribution in [0, 0.1) is 0 Å². The molecule has 0 bridgehead atoms. The van der Waals surface area contributed by atoms with E-state index >= 15 is 0 Å². The van der Waals surface area contributed by atoms with Gasteiger partial charge in [0.15, 0.2) is 0 Å². The molecule has 2 rings (SSSR count). The van der Waals surface area contributed by atoms with Crippen LogP contribution in [-0.4, -0.2) is 35.3 Å². The van der Waals surface area contributed by atoms with Crippen molar-refractivity contribution in [1.29, 1.82) is 0 Å². The van der Waals surface area contributed by atoms with Crippen LogP contribution in [0.4, 0.5) is 4.79 Å². The number of nitrogens with zero attached hydrogens (tertiary/aromatic N) is 2. The second-order valence-corrected chi connectivity index (χ2v) is 7.12. The molecular formula is C29H58N2O2. The summed E-state index contributed by atoms with van der Waals surface area (Å²) in [6, 6.07) is 9.65. The van der Waals surface area contributed by atoms with Crippen LogP contribution in [0.1, 0.15) is 127 Å². The number of rotatable bonds is 6. The second-order valence-electron chi connectivity index (χ2n) is 7.12. The average Bonchev–Trinajstić information content (AvgIpc) is 2.88. The Morgan fingerprint density at radius 2 is 1.18 bits per heavy atom. The number of imide groups is 1. The molecule has 4 nitrogen and oxygen atoms in total. The van der Waals surface area contributed by atoms with Crippen LogP contribution in [0.15, 0.2) is 30.3 Å². The smallest absolute Gasteiger partial charge is 0.315 e. The van der Waals surface area contributed by atoms with Crippen molar-refractivity contribution in [2.24, 2.45) is 0 Å². The van der Waals surface area contributed by atoms with Crippen LogP contribution in [-0.2, 0) is 10.3 Å². The minimum absolute atomic E-state index is 0.111. The van der Waals surface area contributed by atoms with Crippen LogP contribution >= 0.6 is 0 Å². The van der Waals surface area contributed by atoms with Crippen molar-refractivity contribution >= 4 is 11.9 Å². The van der Waals surface area contributed by atoms with Gasteiger partial charge in [-0.1, -0.05) is 132 Å². The van der Waals surface area contributed by atoms with Crippen LogP contribution in [0.5, 0.6) is 0 Å². The number of urea groups is 1. The number of hydrogen-bond acceptors (Lipinski definition) is 2. The first kappa shape index (κ1) is 38.4. The third kappa shape index (κ3) is 15.6. The standard InChI is InChI=1S/C14H18N2O2.C7H16.4C2H6/c1-14(2,11-7-5-4-6-8-11)16-10-9-12(17)15(3)13(16)18;1-3-5-7-6-4-2;4*1-2/h4-8H,9-10H2,1-3H3;3-7H2,1-2H3;4*1-2H3. The van der Waals surface area contributed by atoms with E-state index in [4.69, 9.17) is 0 Å². The number of carbonyl (C=O) groups is 2. The number of carbonyl (C=O) groups excluding carboxylic acids is 2. The van der Waals surface area contributed by atoms with Crippen molar-refractivity contribution in [3.05, 3.63) is 35.9 Å². The average molecular weight is 467 g/mol. The Balaban J connectivity index is -0.000000236. The van der Waals surface area contributed by atoms with Gasteiger partial charge in [0.2, 0.25) is 5.91 Å².